The monoisotopic (exact) mass is 422 g/mol. The van der Waals surface area contributed by atoms with Crippen LogP contribution >= 0.6 is 0 Å². The molecule has 2 N–H and O–H groups in total. The average Bonchev–Trinajstić information content (AvgIpc) is 3.09. The summed E-state index contributed by atoms with van der Waals surface area (Å²) in [5.41, 5.74) is 11.1. The Morgan fingerprint density at radius 2 is 1.68 bits per heavy atom. The fraction of sp³-hybridized carbons (Fsp3) is 0.304. The summed E-state index contributed by atoms with van der Waals surface area (Å²) < 4.78 is 10.4. The first-order valence-corrected chi connectivity index (χ1v) is 10.1. The molecule has 0 saturated carbocycles. The van der Waals surface area contributed by atoms with E-state index in [1.807, 2.05) is 48.5 Å². The zero-order valence-electron chi connectivity index (χ0n) is 17.2. The van der Waals surface area contributed by atoms with Crippen LogP contribution in [-0.4, -0.2) is 48.1 Å². The van der Waals surface area contributed by atoms with Gasteiger partial charge in [-0.25, -0.2) is 9.59 Å². The average molecular weight is 422 g/mol. The highest BCUT2D eigenvalue weighted by atomic mass is 16.6. The van der Waals surface area contributed by atoms with Crippen LogP contribution in [0, 0.1) is 5.53 Å². The summed E-state index contributed by atoms with van der Waals surface area (Å²) in [6.45, 7) is 1.91. The third-order valence-electron chi connectivity index (χ3n) is 5.09. The normalized spacial score (nSPS) is 12.7. The second-order valence-electron chi connectivity index (χ2n) is 7.04. The minimum atomic E-state index is -1.03. The van der Waals surface area contributed by atoms with Crippen LogP contribution in [0.2, 0.25) is 0 Å². The molecular formula is C23H24N3O5+. The lowest BCUT2D eigenvalue weighted by atomic mass is 9.98. The molecule has 0 spiro atoms. The van der Waals surface area contributed by atoms with Crippen LogP contribution in [0.25, 0.3) is 11.1 Å². The van der Waals surface area contributed by atoms with E-state index < -0.39 is 23.9 Å². The molecule has 1 amide bonds. The molecule has 1 aliphatic carbocycles. The second kappa shape index (κ2) is 10.3. The van der Waals surface area contributed by atoms with E-state index in [4.69, 9.17) is 15.0 Å². The number of ether oxygens (including phenoxy) is 2. The minimum Gasteiger partial charge on any atom is -0.464 e. The Kier molecular flexibility index (Phi) is 7.30. The molecule has 0 aromatic heterocycles. The Balaban J connectivity index is 1.65. The summed E-state index contributed by atoms with van der Waals surface area (Å²) in [7, 11) is 0. The summed E-state index contributed by atoms with van der Waals surface area (Å²) in [6, 6.07) is 14.9. The smallest absolute Gasteiger partial charge is 0.407 e. The Labute approximate surface area is 179 Å². The number of carbonyl (C=O) groups is 3. The summed E-state index contributed by atoms with van der Waals surface area (Å²) >= 11 is 0. The molecular weight excluding hydrogens is 398 g/mol. The molecule has 0 radical (unpaired) electrons. The van der Waals surface area contributed by atoms with E-state index in [2.05, 4.69) is 10.1 Å². The molecule has 0 bridgehead atoms. The number of hydrogen-bond acceptors (Lipinski definition) is 6. The quantitative estimate of drug-likeness (QED) is 0.278. The van der Waals surface area contributed by atoms with Crippen molar-refractivity contribution < 1.29 is 28.6 Å². The Morgan fingerprint density at radius 1 is 1.06 bits per heavy atom. The molecule has 3 rings (SSSR count). The highest BCUT2D eigenvalue weighted by Crippen LogP contribution is 2.44. The van der Waals surface area contributed by atoms with Crippen LogP contribution in [0.5, 0.6) is 0 Å². The highest BCUT2D eigenvalue weighted by molar-refractivity contribution is 6.25. The van der Waals surface area contributed by atoms with Gasteiger partial charge in [0.1, 0.15) is 12.6 Å². The van der Waals surface area contributed by atoms with Gasteiger partial charge in [0, 0.05) is 12.3 Å². The third-order valence-corrected chi connectivity index (χ3v) is 5.09. The van der Waals surface area contributed by atoms with E-state index in [0.29, 0.717) is 0 Å². The van der Waals surface area contributed by atoms with E-state index >= 15 is 0 Å². The van der Waals surface area contributed by atoms with Gasteiger partial charge in [-0.05, 0) is 35.6 Å². The van der Waals surface area contributed by atoms with E-state index in [9.17, 15) is 14.4 Å². The number of hydrogen-bond donors (Lipinski definition) is 2. The Hall–Kier alpha value is -3.77. The number of ketones is 1. The van der Waals surface area contributed by atoms with Crippen LogP contribution in [0.4, 0.5) is 4.79 Å². The van der Waals surface area contributed by atoms with Crippen molar-refractivity contribution in [2.75, 3.05) is 13.2 Å². The van der Waals surface area contributed by atoms with E-state index in [1.165, 1.54) is 0 Å². The maximum absolute atomic E-state index is 12.4. The van der Waals surface area contributed by atoms with Gasteiger partial charge >= 0.3 is 18.3 Å². The Bertz CT molecular complexity index is 984. The van der Waals surface area contributed by atoms with Crippen molar-refractivity contribution in [2.24, 2.45) is 0 Å². The lowest BCUT2D eigenvalue weighted by Gasteiger charge is -2.18. The van der Waals surface area contributed by atoms with Gasteiger partial charge < -0.3 is 14.8 Å². The predicted octanol–water partition coefficient (Wildman–Crippen LogP) is 3.12. The van der Waals surface area contributed by atoms with Crippen LogP contribution < -0.4 is 5.32 Å². The summed E-state index contributed by atoms with van der Waals surface area (Å²) in [5, 5.41) is 2.49. The summed E-state index contributed by atoms with van der Waals surface area (Å²) in [6.07, 6.45) is 0.0559. The topological polar surface area (TPSA) is 120 Å². The lowest BCUT2D eigenvalue weighted by molar-refractivity contribution is -0.145. The maximum atomic E-state index is 12.4. The molecule has 0 unspecified atom stereocenters. The van der Waals surface area contributed by atoms with Crippen molar-refractivity contribution in [2.45, 2.75) is 31.7 Å². The SMILES string of the molecule is CCOC(=O)[C@H](CCC(=O)C=[N+]=N)NC(=O)OCC1c2ccccc2-c2ccccc21. The molecule has 2 aromatic rings. The number of Topliss-reactive ketones (excluding diaryl/α,β-unsaturated/α-hetero) is 1. The van der Waals surface area contributed by atoms with Gasteiger partial charge in [0.15, 0.2) is 0 Å². The number of nitrogens with zero attached hydrogens (tertiary/aromatic N) is 1. The molecule has 8 heteroatoms. The number of alkyl carbamates (subject to hydrolysis) is 1. The molecule has 8 nitrogen and oxygen atoms in total. The minimum absolute atomic E-state index is 0.0217. The molecule has 0 aliphatic heterocycles. The predicted molar refractivity (Wildman–Crippen MR) is 112 cm³/mol. The van der Waals surface area contributed by atoms with Gasteiger partial charge in [-0.15, -0.1) is 0 Å². The summed E-state index contributed by atoms with van der Waals surface area (Å²) in [4.78, 5) is 39.1. The number of benzene rings is 2. The van der Waals surface area contributed by atoms with Gasteiger partial charge in [0.25, 0.3) is 0 Å². The fourth-order valence-corrected chi connectivity index (χ4v) is 3.70. The number of amides is 1. The van der Waals surface area contributed by atoms with E-state index in [-0.39, 0.29) is 32.0 Å². The first kappa shape index (κ1) is 21.9. The zero-order valence-corrected chi connectivity index (χ0v) is 17.2. The van der Waals surface area contributed by atoms with Crippen LogP contribution in [-0.2, 0) is 19.1 Å². The number of fused-ring (bicyclic) bond motifs is 3. The first-order chi connectivity index (χ1) is 15.0. The summed E-state index contributed by atoms with van der Waals surface area (Å²) in [5.74, 6) is -1.17. The molecule has 2 aromatic carbocycles. The number of nitrogens with one attached hydrogen (secondary N) is 2. The zero-order chi connectivity index (χ0) is 22.2. The molecule has 0 heterocycles. The van der Waals surface area contributed by atoms with Gasteiger partial charge in [-0.2, -0.15) is 0 Å². The lowest BCUT2D eigenvalue weighted by Crippen LogP contribution is -2.42. The van der Waals surface area contributed by atoms with Crippen molar-refractivity contribution in [3.05, 3.63) is 59.7 Å². The van der Waals surface area contributed by atoms with Crippen LogP contribution in [0.15, 0.2) is 48.5 Å². The molecule has 0 saturated heterocycles. The molecule has 1 aliphatic rings. The molecule has 160 valence electrons. The third kappa shape index (κ3) is 5.24. The number of rotatable bonds is 9. The number of esters is 1. The second-order valence-corrected chi connectivity index (χ2v) is 7.04. The largest absolute Gasteiger partial charge is 0.464 e. The highest BCUT2D eigenvalue weighted by Gasteiger charge is 2.30. The van der Waals surface area contributed by atoms with Crippen LogP contribution in [0.1, 0.15) is 36.8 Å². The van der Waals surface area contributed by atoms with Gasteiger partial charge in [0.2, 0.25) is 5.78 Å². The number of carbonyl (C=O) groups excluding carboxylic acids is 3. The van der Waals surface area contributed by atoms with Crippen molar-refractivity contribution in [1.82, 2.24) is 5.32 Å². The molecule has 0 fully saturated rings. The van der Waals surface area contributed by atoms with Crippen molar-refractivity contribution in [1.29, 1.82) is 5.53 Å². The molecule has 1 atom stereocenters. The van der Waals surface area contributed by atoms with E-state index in [1.54, 1.807) is 6.92 Å². The van der Waals surface area contributed by atoms with Crippen molar-refractivity contribution >= 4 is 24.1 Å². The van der Waals surface area contributed by atoms with Crippen LogP contribution in [0.3, 0.4) is 0 Å². The van der Waals surface area contributed by atoms with Gasteiger partial charge in [-0.1, -0.05) is 48.5 Å². The maximum Gasteiger partial charge on any atom is 0.407 e. The molecule has 31 heavy (non-hydrogen) atoms. The van der Waals surface area contributed by atoms with Crippen molar-refractivity contribution in [3.63, 3.8) is 0 Å². The van der Waals surface area contributed by atoms with Gasteiger partial charge in [-0.3, -0.25) is 4.79 Å². The Morgan fingerprint density at radius 3 is 2.26 bits per heavy atom. The first-order valence-electron chi connectivity index (χ1n) is 10.1. The van der Waals surface area contributed by atoms with Crippen molar-refractivity contribution in [3.8, 4) is 11.1 Å². The van der Waals surface area contributed by atoms with Gasteiger partial charge in [0.05, 0.1) is 16.9 Å². The van der Waals surface area contributed by atoms with E-state index in [0.717, 1.165) is 28.5 Å². The standard InChI is InChI=1S/C23H23N3O5/c1-2-30-22(28)21(12-11-15(27)13-25-24)26-23(29)31-14-20-18-9-5-3-7-16(18)17-8-4-6-10-19(17)20/h3-10,13,20-21,24H,2,11-12,14H2,1H3/p+1/t21-/m0/s1. The fourth-order valence-electron chi connectivity index (χ4n) is 3.70.